The topological polar surface area (TPSA) is 90.3 Å². The molecule has 0 saturated heterocycles. The summed E-state index contributed by atoms with van der Waals surface area (Å²) in [6, 6.07) is 14.3. The van der Waals surface area contributed by atoms with Gasteiger partial charge in [-0.05, 0) is 44.7 Å². The molecule has 1 heterocycles. The Morgan fingerprint density at radius 2 is 1.91 bits per heavy atom. The molecule has 0 saturated carbocycles. The number of aliphatic hydroxyl groups is 2. The molecule has 0 radical (unpaired) electrons. The molecular formula is C26H34N2O5S. The van der Waals surface area contributed by atoms with Crippen LogP contribution >= 0.6 is 0 Å². The zero-order valence-electron chi connectivity index (χ0n) is 20.2. The van der Waals surface area contributed by atoms with Gasteiger partial charge in [0.25, 0.3) is 0 Å². The van der Waals surface area contributed by atoms with Crippen LogP contribution in [0.5, 0.6) is 5.75 Å². The summed E-state index contributed by atoms with van der Waals surface area (Å²) in [5, 5.41) is 19.3. The number of sulfonamides is 1. The van der Waals surface area contributed by atoms with E-state index in [0.717, 1.165) is 6.54 Å². The molecule has 1 aliphatic rings. The van der Waals surface area contributed by atoms with Gasteiger partial charge >= 0.3 is 0 Å². The van der Waals surface area contributed by atoms with Gasteiger partial charge in [0.1, 0.15) is 22.9 Å². The maximum atomic E-state index is 13.5. The highest BCUT2D eigenvalue weighted by molar-refractivity contribution is 7.89. The van der Waals surface area contributed by atoms with Crippen LogP contribution in [0.3, 0.4) is 0 Å². The highest BCUT2D eigenvalue weighted by Gasteiger charge is 2.38. The van der Waals surface area contributed by atoms with E-state index in [2.05, 4.69) is 28.9 Å². The van der Waals surface area contributed by atoms with Gasteiger partial charge in [-0.25, -0.2) is 8.42 Å². The van der Waals surface area contributed by atoms with E-state index in [1.54, 1.807) is 26.0 Å². The third kappa shape index (κ3) is 6.38. The predicted molar refractivity (Wildman–Crippen MR) is 132 cm³/mol. The Balaban J connectivity index is 1.99. The first kappa shape index (κ1) is 26.2. The number of ether oxygens (including phenoxy) is 1. The quantitative estimate of drug-likeness (QED) is 0.609. The average Bonchev–Trinajstić information content (AvgIpc) is 2.80. The largest absolute Gasteiger partial charge is 0.487 e. The highest BCUT2D eigenvalue weighted by atomic mass is 32.2. The van der Waals surface area contributed by atoms with Gasteiger partial charge in [-0.15, -0.1) is 0 Å². The Kier molecular flexibility index (Phi) is 8.74. The number of hydrogen-bond acceptors (Lipinski definition) is 6. The molecule has 0 unspecified atom stereocenters. The summed E-state index contributed by atoms with van der Waals surface area (Å²) in [5.41, 5.74) is 1.74. The first-order valence-electron chi connectivity index (χ1n) is 11.5. The van der Waals surface area contributed by atoms with Crippen LogP contribution in [0.1, 0.15) is 31.9 Å². The normalized spacial score (nSPS) is 21.9. The maximum absolute atomic E-state index is 13.5. The SMILES string of the molecule is C[C@@H]1CN([C@@H](C)CO)S(=O)(=O)c2ccc(C#C[C@@H](C)O)cc2O[C@@H]1CN(C)Cc1ccccc1. The van der Waals surface area contributed by atoms with Gasteiger partial charge in [0.05, 0.1) is 6.61 Å². The molecule has 0 aliphatic carbocycles. The zero-order chi connectivity index (χ0) is 24.9. The van der Waals surface area contributed by atoms with E-state index < -0.39 is 22.2 Å². The van der Waals surface area contributed by atoms with Crippen LogP contribution in [-0.2, 0) is 16.6 Å². The van der Waals surface area contributed by atoms with Crippen molar-refractivity contribution in [2.24, 2.45) is 5.92 Å². The molecule has 2 N–H and O–H groups in total. The van der Waals surface area contributed by atoms with E-state index in [-0.39, 0.29) is 35.8 Å². The zero-order valence-corrected chi connectivity index (χ0v) is 21.0. The Hall–Kier alpha value is -2.41. The lowest BCUT2D eigenvalue weighted by atomic mass is 10.0. The summed E-state index contributed by atoms with van der Waals surface area (Å²) >= 11 is 0. The van der Waals surface area contributed by atoms with Crippen LogP contribution in [0.15, 0.2) is 53.4 Å². The predicted octanol–water partition coefficient (Wildman–Crippen LogP) is 2.32. The van der Waals surface area contributed by atoms with Gasteiger partial charge in [0.15, 0.2) is 0 Å². The summed E-state index contributed by atoms with van der Waals surface area (Å²) in [6.07, 6.45) is -1.09. The lowest BCUT2D eigenvalue weighted by Crippen LogP contribution is -2.49. The van der Waals surface area contributed by atoms with Crippen molar-refractivity contribution in [3.05, 3.63) is 59.7 Å². The van der Waals surface area contributed by atoms with E-state index in [1.165, 1.54) is 15.9 Å². The molecule has 184 valence electrons. The monoisotopic (exact) mass is 486 g/mol. The molecule has 0 spiro atoms. The van der Waals surface area contributed by atoms with E-state index >= 15 is 0 Å². The molecule has 4 atom stereocenters. The molecule has 0 bridgehead atoms. The Morgan fingerprint density at radius 1 is 1.21 bits per heavy atom. The minimum absolute atomic E-state index is 0.0537. The van der Waals surface area contributed by atoms with Crippen LogP contribution < -0.4 is 4.74 Å². The van der Waals surface area contributed by atoms with E-state index in [9.17, 15) is 18.6 Å². The van der Waals surface area contributed by atoms with E-state index in [1.807, 2.05) is 32.2 Å². The molecule has 34 heavy (non-hydrogen) atoms. The number of fused-ring (bicyclic) bond motifs is 1. The van der Waals surface area contributed by atoms with Crippen molar-refractivity contribution in [1.82, 2.24) is 9.21 Å². The fourth-order valence-electron chi connectivity index (χ4n) is 3.98. The minimum atomic E-state index is -3.90. The molecule has 0 amide bonds. The van der Waals surface area contributed by atoms with Crippen LogP contribution in [0.2, 0.25) is 0 Å². The maximum Gasteiger partial charge on any atom is 0.247 e. The summed E-state index contributed by atoms with van der Waals surface area (Å²) in [6.45, 7) is 6.50. The Bertz CT molecular complexity index is 1120. The third-order valence-electron chi connectivity index (χ3n) is 5.88. The van der Waals surface area contributed by atoms with Crippen molar-refractivity contribution in [3.8, 4) is 17.6 Å². The molecule has 2 aromatic rings. The van der Waals surface area contributed by atoms with Gasteiger partial charge in [-0.3, -0.25) is 4.90 Å². The summed E-state index contributed by atoms with van der Waals surface area (Å²) < 4.78 is 34.8. The van der Waals surface area contributed by atoms with Crippen LogP contribution in [0.25, 0.3) is 0 Å². The van der Waals surface area contributed by atoms with Crippen molar-refractivity contribution >= 4 is 10.0 Å². The van der Waals surface area contributed by atoms with E-state index in [4.69, 9.17) is 4.74 Å². The highest BCUT2D eigenvalue weighted by Crippen LogP contribution is 2.34. The second-order valence-corrected chi connectivity index (χ2v) is 10.9. The number of likely N-dealkylation sites (N-methyl/N-ethyl adjacent to an activating group) is 1. The summed E-state index contributed by atoms with van der Waals surface area (Å²) in [4.78, 5) is 2.21. The number of rotatable bonds is 6. The summed E-state index contributed by atoms with van der Waals surface area (Å²) in [5.74, 6) is 5.64. The number of aliphatic hydroxyl groups excluding tert-OH is 2. The van der Waals surface area contributed by atoms with Gasteiger partial charge in [0.2, 0.25) is 10.0 Å². The van der Waals surface area contributed by atoms with E-state index in [0.29, 0.717) is 12.1 Å². The second-order valence-electron chi connectivity index (χ2n) is 9.03. The third-order valence-corrected chi connectivity index (χ3v) is 7.90. The molecule has 2 aromatic carbocycles. The Morgan fingerprint density at radius 3 is 2.56 bits per heavy atom. The fourth-order valence-corrected chi connectivity index (χ4v) is 5.80. The Labute approximate surface area is 203 Å². The van der Waals surface area contributed by atoms with Crippen LogP contribution in [0, 0.1) is 17.8 Å². The molecule has 0 fully saturated rings. The molecule has 1 aliphatic heterocycles. The lowest BCUT2D eigenvalue weighted by Gasteiger charge is -2.37. The minimum Gasteiger partial charge on any atom is -0.487 e. The summed E-state index contributed by atoms with van der Waals surface area (Å²) in [7, 11) is -1.89. The van der Waals surface area contributed by atoms with Gasteiger partial charge in [-0.1, -0.05) is 49.1 Å². The molecular weight excluding hydrogens is 452 g/mol. The number of hydrogen-bond donors (Lipinski definition) is 2. The molecule has 8 heteroatoms. The fraction of sp³-hybridized carbons (Fsp3) is 0.462. The molecule has 3 rings (SSSR count). The first-order valence-corrected chi connectivity index (χ1v) is 12.9. The van der Waals surface area contributed by atoms with Gasteiger partial charge < -0.3 is 14.9 Å². The van der Waals surface area contributed by atoms with Crippen molar-refractivity contribution in [2.75, 3.05) is 26.7 Å². The van der Waals surface area contributed by atoms with Gasteiger partial charge in [-0.2, -0.15) is 4.31 Å². The van der Waals surface area contributed by atoms with Gasteiger partial charge in [0, 0.05) is 37.2 Å². The lowest BCUT2D eigenvalue weighted by molar-refractivity contribution is 0.0733. The van der Waals surface area contributed by atoms with Crippen LogP contribution in [0.4, 0.5) is 0 Å². The second kappa shape index (κ2) is 11.3. The van der Waals surface area contributed by atoms with Crippen molar-refractivity contribution in [3.63, 3.8) is 0 Å². The first-order chi connectivity index (χ1) is 16.1. The number of benzene rings is 2. The van der Waals surface area contributed by atoms with Crippen LogP contribution in [-0.4, -0.2) is 72.8 Å². The molecule has 0 aromatic heterocycles. The number of nitrogens with zero attached hydrogens (tertiary/aromatic N) is 2. The standard InChI is InChI=1S/C26H34N2O5S/c1-19-15-28(20(2)18-29)34(31,32)26-13-12-22(11-10-21(3)30)14-24(26)33-25(19)17-27(4)16-23-8-6-5-7-9-23/h5-9,12-14,19-21,25,29-30H,15-18H2,1-4H3/t19-,20+,21-,25-/m1/s1. The smallest absolute Gasteiger partial charge is 0.247 e. The van der Waals surface area contributed by atoms with Crippen molar-refractivity contribution in [1.29, 1.82) is 0 Å². The van der Waals surface area contributed by atoms with Crippen molar-refractivity contribution in [2.45, 2.75) is 50.5 Å². The molecule has 7 nitrogen and oxygen atoms in total. The average molecular weight is 487 g/mol. The van der Waals surface area contributed by atoms with Crippen molar-refractivity contribution < 1.29 is 23.4 Å².